The fourth-order valence-corrected chi connectivity index (χ4v) is 3.68. The second kappa shape index (κ2) is 10.5. The van der Waals surface area contributed by atoms with Gasteiger partial charge in [0, 0.05) is 6.07 Å². The van der Waals surface area contributed by atoms with Gasteiger partial charge in [-0.25, -0.2) is 4.79 Å². The Labute approximate surface area is 183 Å². The minimum Gasteiger partial charge on any atom is -0.497 e. The van der Waals surface area contributed by atoms with Crippen LogP contribution >= 0.6 is 0 Å². The maximum Gasteiger partial charge on any atom is 0.335 e. The summed E-state index contributed by atoms with van der Waals surface area (Å²) in [5.41, 5.74) is 4.84. The van der Waals surface area contributed by atoms with Crippen LogP contribution in [0.5, 0.6) is 17.2 Å². The molecule has 5 heteroatoms. The summed E-state index contributed by atoms with van der Waals surface area (Å²) >= 11 is 0. The lowest BCUT2D eigenvalue weighted by Crippen LogP contribution is -2.02. The van der Waals surface area contributed by atoms with E-state index >= 15 is 0 Å². The van der Waals surface area contributed by atoms with Gasteiger partial charge in [-0.05, 0) is 72.2 Å². The molecule has 0 aliphatic heterocycles. The summed E-state index contributed by atoms with van der Waals surface area (Å²) in [6, 6.07) is 19.2. The van der Waals surface area contributed by atoms with Crippen LogP contribution in [0.4, 0.5) is 0 Å². The number of ether oxygens (including phenoxy) is 3. The van der Waals surface area contributed by atoms with Crippen molar-refractivity contribution in [3.8, 4) is 17.2 Å². The van der Waals surface area contributed by atoms with Crippen LogP contribution in [0.1, 0.15) is 32.6 Å². The van der Waals surface area contributed by atoms with Crippen LogP contribution in [0.15, 0.2) is 60.7 Å². The lowest BCUT2D eigenvalue weighted by atomic mass is 9.97. The molecule has 0 aromatic heterocycles. The number of hydrogen-bond acceptors (Lipinski definition) is 4. The molecular weight excluding hydrogens is 392 g/mol. The van der Waals surface area contributed by atoms with Crippen LogP contribution in [-0.4, -0.2) is 32.4 Å². The van der Waals surface area contributed by atoms with E-state index in [1.165, 1.54) is 0 Å². The Kier molecular flexibility index (Phi) is 7.55. The molecule has 0 spiro atoms. The zero-order valence-corrected chi connectivity index (χ0v) is 18.2. The zero-order valence-electron chi connectivity index (χ0n) is 18.2. The predicted molar refractivity (Wildman–Crippen MR) is 121 cm³/mol. The second-order valence-electron chi connectivity index (χ2n) is 7.33. The van der Waals surface area contributed by atoms with E-state index in [0.29, 0.717) is 5.56 Å². The van der Waals surface area contributed by atoms with Gasteiger partial charge < -0.3 is 19.3 Å². The maximum absolute atomic E-state index is 11.0. The fraction of sp³-hybridized carbons (Fsp3) is 0.269. The Bertz CT molecular complexity index is 1000. The molecule has 0 heterocycles. The van der Waals surface area contributed by atoms with Crippen LogP contribution in [0.2, 0.25) is 0 Å². The molecule has 0 radical (unpaired) electrons. The minimum atomic E-state index is -0.908. The smallest absolute Gasteiger partial charge is 0.335 e. The molecule has 0 saturated carbocycles. The Morgan fingerprint density at radius 1 is 0.710 bits per heavy atom. The van der Waals surface area contributed by atoms with E-state index in [2.05, 4.69) is 18.2 Å². The SMILES string of the molecule is COc1cc(CCc2cccc(CCc3ccc(C(=O)O)cc3)c2OC)cc(OC)c1. The molecule has 3 rings (SSSR count). The fourth-order valence-electron chi connectivity index (χ4n) is 3.68. The van der Waals surface area contributed by atoms with Crippen molar-refractivity contribution in [3.05, 3.63) is 88.5 Å². The van der Waals surface area contributed by atoms with Gasteiger partial charge in [0.1, 0.15) is 17.2 Å². The molecule has 0 unspecified atom stereocenters. The molecular formula is C26H28O5. The number of carbonyl (C=O) groups is 1. The van der Waals surface area contributed by atoms with Crippen molar-refractivity contribution in [2.24, 2.45) is 0 Å². The van der Waals surface area contributed by atoms with Crippen LogP contribution in [0.25, 0.3) is 0 Å². The average molecular weight is 421 g/mol. The third kappa shape index (κ3) is 5.79. The van der Waals surface area contributed by atoms with Crippen molar-refractivity contribution in [1.82, 2.24) is 0 Å². The van der Waals surface area contributed by atoms with E-state index < -0.39 is 5.97 Å². The van der Waals surface area contributed by atoms with Crippen molar-refractivity contribution < 1.29 is 24.1 Å². The number of carboxylic acids is 1. The molecule has 0 aliphatic rings. The first-order chi connectivity index (χ1) is 15.0. The molecule has 0 saturated heterocycles. The van der Waals surface area contributed by atoms with Crippen LogP contribution in [0.3, 0.4) is 0 Å². The summed E-state index contributed by atoms with van der Waals surface area (Å²) in [4.78, 5) is 11.0. The van der Waals surface area contributed by atoms with E-state index in [1.54, 1.807) is 33.5 Å². The second-order valence-corrected chi connectivity index (χ2v) is 7.33. The number of aryl methyl sites for hydroxylation is 4. The summed E-state index contributed by atoms with van der Waals surface area (Å²) in [5, 5.41) is 9.04. The summed E-state index contributed by atoms with van der Waals surface area (Å²) in [6.07, 6.45) is 3.30. The number of carboxylic acid groups (broad SMARTS) is 1. The molecule has 3 aromatic carbocycles. The Morgan fingerprint density at radius 3 is 1.74 bits per heavy atom. The first kappa shape index (κ1) is 22.2. The number of hydrogen-bond donors (Lipinski definition) is 1. The highest BCUT2D eigenvalue weighted by Crippen LogP contribution is 2.28. The monoisotopic (exact) mass is 420 g/mol. The van der Waals surface area contributed by atoms with Crippen molar-refractivity contribution in [3.63, 3.8) is 0 Å². The van der Waals surface area contributed by atoms with Crippen LogP contribution < -0.4 is 14.2 Å². The van der Waals surface area contributed by atoms with Gasteiger partial charge in [0.2, 0.25) is 0 Å². The Hall–Kier alpha value is -3.47. The van der Waals surface area contributed by atoms with Gasteiger partial charge in [0.25, 0.3) is 0 Å². The van der Waals surface area contributed by atoms with Crippen molar-refractivity contribution in [2.75, 3.05) is 21.3 Å². The maximum atomic E-state index is 11.0. The first-order valence-electron chi connectivity index (χ1n) is 10.2. The quantitative estimate of drug-likeness (QED) is 0.501. The highest BCUT2D eigenvalue weighted by Gasteiger charge is 2.11. The topological polar surface area (TPSA) is 65.0 Å². The summed E-state index contributed by atoms with van der Waals surface area (Å²) in [7, 11) is 5.01. The van der Waals surface area contributed by atoms with E-state index in [-0.39, 0.29) is 0 Å². The van der Waals surface area contributed by atoms with E-state index in [4.69, 9.17) is 19.3 Å². The number of para-hydroxylation sites is 1. The molecule has 1 N–H and O–H groups in total. The largest absolute Gasteiger partial charge is 0.497 e. The van der Waals surface area contributed by atoms with Gasteiger partial charge in [-0.3, -0.25) is 0 Å². The molecule has 0 atom stereocenters. The molecule has 0 bridgehead atoms. The van der Waals surface area contributed by atoms with Gasteiger partial charge in [-0.15, -0.1) is 0 Å². The summed E-state index contributed by atoms with van der Waals surface area (Å²) in [6.45, 7) is 0. The lowest BCUT2D eigenvalue weighted by molar-refractivity contribution is 0.0697. The molecule has 5 nitrogen and oxygen atoms in total. The summed E-state index contributed by atoms with van der Waals surface area (Å²) < 4.78 is 16.5. The third-order valence-corrected chi connectivity index (χ3v) is 5.36. The van der Waals surface area contributed by atoms with Crippen LogP contribution in [0, 0.1) is 0 Å². The number of methoxy groups -OCH3 is 3. The minimum absolute atomic E-state index is 0.303. The molecule has 0 amide bonds. The van der Waals surface area contributed by atoms with Crippen molar-refractivity contribution >= 4 is 5.97 Å². The molecule has 3 aromatic rings. The molecule has 0 fully saturated rings. The standard InChI is InChI=1S/C26H28O5/c1-29-23-15-19(16-24(17-23)30-2)10-12-21-6-4-5-20(25(21)31-3)11-7-18-8-13-22(14-9-18)26(27)28/h4-6,8-9,13-17H,7,10-12H2,1-3H3,(H,27,28). The normalized spacial score (nSPS) is 10.5. The van der Waals surface area contributed by atoms with Gasteiger partial charge >= 0.3 is 5.97 Å². The highest BCUT2D eigenvalue weighted by molar-refractivity contribution is 5.87. The molecule has 0 aliphatic carbocycles. The van der Waals surface area contributed by atoms with E-state index in [9.17, 15) is 4.79 Å². The lowest BCUT2D eigenvalue weighted by Gasteiger charge is -2.14. The number of aromatic carboxylic acids is 1. The van der Waals surface area contributed by atoms with E-state index in [0.717, 1.165) is 65.2 Å². The van der Waals surface area contributed by atoms with E-state index in [1.807, 2.05) is 30.3 Å². The zero-order chi connectivity index (χ0) is 22.2. The summed E-state index contributed by atoms with van der Waals surface area (Å²) in [5.74, 6) is 1.57. The highest BCUT2D eigenvalue weighted by atomic mass is 16.5. The Morgan fingerprint density at radius 2 is 1.26 bits per heavy atom. The molecule has 162 valence electrons. The van der Waals surface area contributed by atoms with Gasteiger partial charge in [-0.1, -0.05) is 30.3 Å². The van der Waals surface area contributed by atoms with Gasteiger partial charge in [-0.2, -0.15) is 0 Å². The van der Waals surface area contributed by atoms with Crippen LogP contribution in [-0.2, 0) is 25.7 Å². The Balaban J connectivity index is 1.71. The molecule has 31 heavy (non-hydrogen) atoms. The first-order valence-corrected chi connectivity index (χ1v) is 10.2. The third-order valence-electron chi connectivity index (χ3n) is 5.36. The van der Waals surface area contributed by atoms with Gasteiger partial charge in [0.05, 0.1) is 26.9 Å². The number of benzene rings is 3. The van der Waals surface area contributed by atoms with Gasteiger partial charge in [0.15, 0.2) is 0 Å². The van der Waals surface area contributed by atoms with Crippen molar-refractivity contribution in [1.29, 1.82) is 0 Å². The van der Waals surface area contributed by atoms with Crippen molar-refractivity contribution in [2.45, 2.75) is 25.7 Å². The number of rotatable bonds is 10. The average Bonchev–Trinajstić information content (AvgIpc) is 2.81. The predicted octanol–water partition coefficient (Wildman–Crippen LogP) is 4.98.